The molecule has 0 aliphatic rings. The summed E-state index contributed by atoms with van der Waals surface area (Å²) < 4.78 is 42.7. The van der Waals surface area contributed by atoms with Crippen molar-refractivity contribution in [2.75, 3.05) is 0 Å². The monoisotopic (exact) mass is 257 g/mol. The van der Waals surface area contributed by atoms with Crippen LogP contribution in [0, 0.1) is 0 Å². The summed E-state index contributed by atoms with van der Waals surface area (Å²) in [6.07, 6.45) is -3.80. The van der Waals surface area contributed by atoms with E-state index < -0.39 is 23.3 Å². The van der Waals surface area contributed by atoms with Gasteiger partial charge < -0.3 is 9.63 Å². The lowest BCUT2D eigenvalue weighted by Crippen LogP contribution is -2.08. The first-order valence-electron chi connectivity index (χ1n) is 4.75. The molecule has 0 fully saturated rings. The number of hydrogen-bond donors (Lipinski definition) is 1. The van der Waals surface area contributed by atoms with Gasteiger partial charge in [0.25, 0.3) is 0 Å². The molecule has 1 heterocycles. The van der Waals surface area contributed by atoms with Crippen molar-refractivity contribution in [1.82, 2.24) is 5.16 Å². The fourth-order valence-electron chi connectivity index (χ4n) is 1.52. The fraction of sp³-hybridized carbons (Fsp3) is 0.0909. The highest BCUT2D eigenvalue weighted by Crippen LogP contribution is 2.37. The van der Waals surface area contributed by atoms with Crippen LogP contribution in [-0.4, -0.2) is 16.2 Å². The van der Waals surface area contributed by atoms with Gasteiger partial charge in [-0.1, -0.05) is 23.4 Å². The molecule has 2 aromatic rings. The normalized spacial score (nSPS) is 11.5. The molecule has 4 nitrogen and oxygen atoms in total. The molecular formula is C11H6F3NO3. The van der Waals surface area contributed by atoms with Gasteiger partial charge in [-0.25, -0.2) is 4.79 Å². The largest absolute Gasteiger partial charge is 0.477 e. The number of aromatic carboxylic acids is 1. The highest BCUT2D eigenvalue weighted by molar-refractivity contribution is 5.94. The summed E-state index contributed by atoms with van der Waals surface area (Å²) in [6.45, 7) is 0. The molecule has 0 unspecified atom stereocenters. The molecule has 0 saturated heterocycles. The van der Waals surface area contributed by atoms with Gasteiger partial charge in [0.15, 0.2) is 0 Å². The standard InChI is InChI=1S/C11H6F3NO3/c12-11(13,14)8-4-2-1-3-6(8)9-7(10(16)17)5-18-15-9/h1-5H,(H,16,17). The van der Waals surface area contributed by atoms with E-state index in [1.807, 2.05) is 0 Å². The minimum Gasteiger partial charge on any atom is -0.477 e. The summed E-state index contributed by atoms with van der Waals surface area (Å²) in [5.74, 6) is -1.40. The van der Waals surface area contributed by atoms with Crippen LogP contribution >= 0.6 is 0 Å². The van der Waals surface area contributed by atoms with Crippen molar-refractivity contribution < 1.29 is 27.6 Å². The first-order valence-corrected chi connectivity index (χ1v) is 4.75. The molecule has 18 heavy (non-hydrogen) atoms. The van der Waals surface area contributed by atoms with Crippen LogP contribution in [0.25, 0.3) is 11.3 Å². The zero-order valence-electron chi connectivity index (χ0n) is 8.73. The third kappa shape index (κ3) is 2.06. The topological polar surface area (TPSA) is 63.3 Å². The Kier molecular flexibility index (Phi) is 2.82. The predicted molar refractivity (Wildman–Crippen MR) is 53.9 cm³/mol. The lowest BCUT2D eigenvalue weighted by molar-refractivity contribution is -0.137. The number of rotatable bonds is 2. The zero-order valence-corrected chi connectivity index (χ0v) is 8.73. The fourth-order valence-corrected chi connectivity index (χ4v) is 1.52. The van der Waals surface area contributed by atoms with E-state index in [1.165, 1.54) is 12.1 Å². The maximum atomic E-state index is 12.8. The van der Waals surface area contributed by atoms with Crippen molar-refractivity contribution >= 4 is 5.97 Å². The Morgan fingerprint density at radius 1 is 1.28 bits per heavy atom. The molecule has 0 bridgehead atoms. The van der Waals surface area contributed by atoms with Gasteiger partial charge in [-0.2, -0.15) is 13.2 Å². The molecule has 0 atom stereocenters. The predicted octanol–water partition coefficient (Wildman–Crippen LogP) is 3.06. The average Bonchev–Trinajstić information content (AvgIpc) is 2.76. The Bertz CT molecular complexity index is 589. The Balaban J connectivity index is 2.65. The summed E-state index contributed by atoms with van der Waals surface area (Å²) in [7, 11) is 0. The Labute approximate surface area is 98.6 Å². The first kappa shape index (κ1) is 12.2. The number of carbonyl (C=O) groups is 1. The molecule has 0 amide bonds. The van der Waals surface area contributed by atoms with E-state index in [9.17, 15) is 18.0 Å². The second-order valence-corrected chi connectivity index (χ2v) is 3.43. The first-order chi connectivity index (χ1) is 8.41. The summed E-state index contributed by atoms with van der Waals surface area (Å²) in [4.78, 5) is 10.8. The van der Waals surface area contributed by atoms with Gasteiger partial charge in [0.2, 0.25) is 0 Å². The number of carboxylic acid groups (broad SMARTS) is 1. The summed E-state index contributed by atoms with van der Waals surface area (Å²) in [5.41, 5.74) is -2.03. The van der Waals surface area contributed by atoms with Crippen LogP contribution in [0.15, 0.2) is 35.1 Å². The molecule has 1 N–H and O–H groups in total. The van der Waals surface area contributed by atoms with Crippen molar-refractivity contribution in [2.24, 2.45) is 0 Å². The highest BCUT2D eigenvalue weighted by atomic mass is 19.4. The number of hydrogen-bond acceptors (Lipinski definition) is 3. The molecular weight excluding hydrogens is 251 g/mol. The van der Waals surface area contributed by atoms with Crippen molar-refractivity contribution in [2.45, 2.75) is 6.18 Å². The molecule has 0 saturated carbocycles. The third-order valence-electron chi connectivity index (χ3n) is 2.29. The zero-order chi connectivity index (χ0) is 13.3. The van der Waals surface area contributed by atoms with Crippen LogP contribution in [0.4, 0.5) is 13.2 Å². The van der Waals surface area contributed by atoms with E-state index in [1.54, 1.807) is 0 Å². The Hall–Kier alpha value is -2.31. The van der Waals surface area contributed by atoms with Crippen molar-refractivity contribution in [1.29, 1.82) is 0 Å². The summed E-state index contributed by atoms with van der Waals surface area (Å²) in [5, 5.41) is 12.2. The molecule has 0 aliphatic carbocycles. The summed E-state index contributed by atoms with van der Waals surface area (Å²) >= 11 is 0. The number of alkyl halides is 3. The van der Waals surface area contributed by atoms with Gasteiger partial charge in [-0.3, -0.25) is 0 Å². The molecule has 0 aliphatic heterocycles. The lowest BCUT2D eigenvalue weighted by atomic mass is 10.0. The SMILES string of the molecule is O=C(O)c1conc1-c1ccccc1C(F)(F)F. The van der Waals surface area contributed by atoms with Gasteiger partial charge in [0.05, 0.1) is 5.56 Å². The van der Waals surface area contributed by atoms with Gasteiger partial charge in [-0.05, 0) is 6.07 Å². The number of halogens is 3. The molecule has 1 aromatic heterocycles. The maximum Gasteiger partial charge on any atom is 0.417 e. The molecule has 0 radical (unpaired) electrons. The van der Waals surface area contributed by atoms with Crippen LogP contribution < -0.4 is 0 Å². The van der Waals surface area contributed by atoms with Crippen LogP contribution in [0.2, 0.25) is 0 Å². The minimum absolute atomic E-state index is 0.323. The molecule has 0 spiro atoms. The van der Waals surface area contributed by atoms with E-state index in [-0.39, 0.29) is 11.3 Å². The Morgan fingerprint density at radius 3 is 2.56 bits per heavy atom. The average molecular weight is 257 g/mol. The minimum atomic E-state index is -4.59. The lowest BCUT2D eigenvalue weighted by Gasteiger charge is -2.10. The van der Waals surface area contributed by atoms with Gasteiger partial charge in [-0.15, -0.1) is 0 Å². The van der Waals surface area contributed by atoms with Crippen LogP contribution in [-0.2, 0) is 6.18 Å². The number of aromatic nitrogens is 1. The van der Waals surface area contributed by atoms with Gasteiger partial charge >= 0.3 is 12.1 Å². The van der Waals surface area contributed by atoms with Crippen LogP contribution in [0.5, 0.6) is 0 Å². The number of carboxylic acids is 1. The maximum absolute atomic E-state index is 12.8. The molecule has 7 heteroatoms. The van der Waals surface area contributed by atoms with Gasteiger partial charge in [0, 0.05) is 5.56 Å². The van der Waals surface area contributed by atoms with E-state index in [0.717, 1.165) is 18.4 Å². The highest BCUT2D eigenvalue weighted by Gasteiger charge is 2.35. The number of nitrogens with zero attached hydrogens (tertiary/aromatic N) is 1. The van der Waals surface area contributed by atoms with Crippen LogP contribution in [0.3, 0.4) is 0 Å². The smallest absolute Gasteiger partial charge is 0.417 e. The Morgan fingerprint density at radius 2 is 1.94 bits per heavy atom. The van der Waals surface area contributed by atoms with E-state index in [4.69, 9.17) is 5.11 Å². The summed E-state index contributed by atoms with van der Waals surface area (Å²) in [6, 6.07) is 4.58. The van der Waals surface area contributed by atoms with Crippen molar-refractivity contribution in [3.05, 3.63) is 41.7 Å². The number of benzene rings is 1. The second-order valence-electron chi connectivity index (χ2n) is 3.43. The van der Waals surface area contributed by atoms with Crippen molar-refractivity contribution in [3.8, 4) is 11.3 Å². The second kappa shape index (κ2) is 4.17. The van der Waals surface area contributed by atoms with E-state index >= 15 is 0 Å². The molecule has 2 rings (SSSR count). The van der Waals surface area contributed by atoms with E-state index in [2.05, 4.69) is 9.68 Å². The van der Waals surface area contributed by atoms with E-state index in [0.29, 0.717) is 0 Å². The molecule has 1 aromatic carbocycles. The molecule has 94 valence electrons. The van der Waals surface area contributed by atoms with Crippen LogP contribution in [0.1, 0.15) is 15.9 Å². The van der Waals surface area contributed by atoms with Crippen molar-refractivity contribution in [3.63, 3.8) is 0 Å². The van der Waals surface area contributed by atoms with Gasteiger partial charge in [0.1, 0.15) is 17.5 Å². The third-order valence-corrected chi connectivity index (χ3v) is 2.29. The quantitative estimate of drug-likeness (QED) is 0.897.